The summed E-state index contributed by atoms with van der Waals surface area (Å²) in [6.45, 7) is 6.69. The number of carbonyl (C=O) groups is 2. The quantitative estimate of drug-likeness (QED) is 0.306. The summed E-state index contributed by atoms with van der Waals surface area (Å²) in [5.41, 5.74) is 0.682. The molecule has 3 heterocycles. The number of anilines is 3. The Kier molecular flexibility index (Phi) is 9.50. The van der Waals surface area contributed by atoms with Crippen molar-refractivity contribution in [1.29, 1.82) is 0 Å². The van der Waals surface area contributed by atoms with Gasteiger partial charge >= 0.3 is 12.2 Å². The van der Waals surface area contributed by atoms with Crippen molar-refractivity contribution in [2.24, 2.45) is 0 Å². The van der Waals surface area contributed by atoms with Crippen LogP contribution in [0.2, 0.25) is 0 Å². The molecule has 0 bridgehead atoms. The summed E-state index contributed by atoms with van der Waals surface area (Å²) in [4.78, 5) is 33.0. The Morgan fingerprint density at radius 2 is 1.93 bits per heavy atom. The summed E-state index contributed by atoms with van der Waals surface area (Å²) >= 11 is 0. The van der Waals surface area contributed by atoms with E-state index in [1.807, 2.05) is 0 Å². The molecule has 0 saturated carbocycles. The van der Waals surface area contributed by atoms with Crippen LogP contribution in [0.3, 0.4) is 0 Å². The number of aromatic nitrogens is 3. The second kappa shape index (κ2) is 13.0. The summed E-state index contributed by atoms with van der Waals surface area (Å²) in [5, 5.41) is 27.5. The molecule has 1 atom stereocenters. The third-order valence-corrected chi connectivity index (χ3v) is 6.44. The average molecular weight is 571 g/mol. The van der Waals surface area contributed by atoms with Crippen LogP contribution in [0, 0.1) is 0 Å². The summed E-state index contributed by atoms with van der Waals surface area (Å²) in [5.74, 6) is 1.39. The molecule has 4 rings (SSSR count). The fourth-order valence-corrected chi connectivity index (χ4v) is 4.67. The zero-order chi connectivity index (χ0) is 29.6. The van der Waals surface area contributed by atoms with E-state index in [2.05, 4.69) is 10.4 Å². The first-order valence-electron chi connectivity index (χ1n) is 13.6. The van der Waals surface area contributed by atoms with Crippen LogP contribution >= 0.6 is 0 Å². The fraction of sp³-hybridized carbons (Fsp3) is 0.500. The molecule has 0 aliphatic carbocycles. The molecule has 2 amide bonds. The van der Waals surface area contributed by atoms with Gasteiger partial charge in [-0.2, -0.15) is 9.61 Å². The van der Waals surface area contributed by atoms with E-state index in [-0.39, 0.29) is 25.6 Å². The second-order valence-electron chi connectivity index (χ2n) is 10.7. The Hall–Kier alpha value is -4.10. The number of aliphatic hydroxyl groups excluding tert-OH is 1. The van der Waals surface area contributed by atoms with Crippen molar-refractivity contribution in [2.75, 3.05) is 50.2 Å². The first-order valence-corrected chi connectivity index (χ1v) is 13.6. The molecular formula is C28H38N6O7. The maximum Gasteiger partial charge on any atom is 0.420 e. The standard InChI is InChI=1S/C28H38N6O7/c1-28(2,3)41-27(38)33(20-7-9-21(10-8-20)40-17-16-39-4)25-22(12-15-35)24(31-23-11-13-29-34(23)25)30-19-6-5-14-32(18-19)26(36)37/h7-11,13,19,35H,5-6,12,14-18H2,1-4H3,(H,30,31)(H,36,37)/t19-/m0/s1. The van der Waals surface area contributed by atoms with Crippen LogP contribution in [-0.4, -0.2) is 93.6 Å². The van der Waals surface area contributed by atoms with E-state index in [0.717, 1.165) is 6.42 Å². The van der Waals surface area contributed by atoms with Crippen molar-refractivity contribution in [3.63, 3.8) is 0 Å². The number of hydrogen-bond acceptors (Lipinski definition) is 9. The number of fused-ring (bicyclic) bond motifs is 1. The van der Waals surface area contributed by atoms with Gasteiger partial charge in [0.1, 0.15) is 23.8 Å². The Balaban J connectivity index is 1.82. The number of carbonyl (C=O) groups excluding carboxylic acids is 1. The maximum absolute atomic E-state index is 13.8. The Morgan fingerprint density at radius 3 is 2.59 bits per heavy atom. The van der Waals surface area contributed by atoms with Gasteiger partial charge in [-0.1, -0.05) is 0 Å². The number of aliphatic hydroxyl groups is 1. The van der Waals surface area contributed by atoms with E-state index < -0.39 is 17.8 Å². The van der Waals surface area contributed by atoms with Crippen LogP contribution in [0.5, 0.6) is 5.75 Å². The third-order valence-electron chi connectivity index (χ3n) is 6.44. The molecule has 13 heteroatoms. The van der Waals surface area contributed by atoms with Crippen molar-refractivity contribution >= 4 is 35.2 Å². The molecule has 1 aliphatic rings. The van der Waals surface area contributed by atoms with Gasteiger partial charge in [0.15, 0.2) is 11.5 Å². The van der Waals surface area contributed by atoms with Crippen molar-refractivity contribution in [3.8, 4) is 5.75 Å². The first-order chi connectivity index (χ1) is 19.6. The van der Waals surface area contributed by atoms with Crippen LogP contribution in [0.4, 0.5) is 26.9 Å². The van der Waals surface area contributed by atoms with Crippen molar-refractivity contribution in [3.05, 3.63) is 42.1 Å². The zero-order valence-corrected chi connectivity index (χ0v) is 23.9. The molecule has 222 valence electrons. The second-order valence-corrected chi connectivity index (χ2v) is 10.7. The van der Waals surface area contributed by atoms with Gasteiger partial charge in [-0.15, -0.1) is 0 Å². The van der Waals surface area contributed by atoms with Crippen LogP contribution in [0.25, 0.3) is 5.65 Å². The smallest absolute Gasteiger partial charge is 0.420 e. The normalized spacial score (nSPS) is 15.5. The lowest BCUT2D eigenvalue weighted by Crippen LogP contribution is -2.44. The Labute approximate surface area is 238 Å². The first kappa shape index (κ1) is 29.9. The van der Waals surface area contributed by atoms with Crippen LogP contribution < -0.4 is 15.0 Å². The topological polar surface area (TPSA) is 151 Å². The maximum atomic E-state index is 13.8. The van der Waals surface area contributed by atoms with Gasteiger partial charge in [0.25, 0.3) is 0 Å². The number of piperidine rings is 1. The predicted octanol–water partition coefficient (Wildman–Crippen LogP) is 3.92. The van der Waals surface area contributed by atoms with Gasteiger partial charge in [-0.25, -0.2) is 19.5 Å². The molecule has 2 aromatic heterocycles. The third kappa shape index (κ3) is 7.35. The molecule has 0 unspecified atom stereocenters. The highest BCUT2D eigenvalue weighted by atomic mass is 16.6. The van der Waals surface area contributed by atoms with E-state index >= 15 is 0 Å². The van der Waals surface area contributed by atoms with E-state index in [1.165, 1.54) is 14.3 Å². The lowest BCUT2D eigenvalue weighted by molar-refractivity contribution is 0.0597. The number of likely N-dealkylation sites (tertiary alicyclic amines) is 1. The number of carboxylic acid groups (broad SMARTS) is 1. The molecule has 1 saturated heterocycles. The highest BCUT2D eigenvalue weighted by Gasteiger charge is 2.32. The fourth-order valence-electron chi connectivity index (χ4n) is 4.67. The molecule has 3 aromatic rings. The van der Waals surface area contributed by atoms with E-state index in [4.69, 9.17) is 19.2 Å². The molecule has 1 fully saturated rings. The monoisotopic (exact) mass is 570 g/mol. The molecule has 41 heavy (non-hydrogen) atoms. The molecule has 3 N–H and O–H groups in total. The number of methoxy groups -OCH3 is 1. The van der Waals surface area contributed by atoms with Gasteiger partial charge in [0.05, 0.1) is 18.5 Å². The predicted molar refractivity (Wildman–Crippen MR) is 152 cm³/mol. The lowest BCUT2D eigenvalue weighted by atomic mass is 10.1. The van der Waals surface area contributed by atoms with Gasteiger partial charge in [-0.05, 0) is 57.9 Å². The zero-order valence-electron chi connectivity index (χ0n) is 23.9. The van der Waals surface area contributed by atoms with Crippen molar-refractivity contribution < 1.29 is 34.0 Å². The number of nitrogens with zero attached hydrogens (tertiary/aromatic N) is 5. The largest absolute Gasteiger partial charge is 0.491 e. The van der Waals surface area contributed by atoms with Gasteiger partial charge in [0, 0.05) is 50.9 Å². The molecule has 1 aromatic carbocycles. The van der Waals surface area contributed by atoms with E-state index in [1.54, 1.807) is 64.4 Å². The van der Waals surface area contributed by atoms with Crippen LogP contribution in [-0.2, 0) is 15.9 Å². The van der Waals surface area contributed by atoms with Gasteiger partial charge < -0.3 is 34.6 Å². The van der Waals surface area contributed by atoms with E-state index in [9.17, 15) is 19.8 Å². The Bertz CT molecular complexity index is 1340. The molecular weight excluding hydrogens is 532 g/mol. The number of hydrogen-bond donors (Lipinski definition) is 3. The molecule has 0 spiro atoms. The molecule has 1 aliphatic heterocycles. The minimum Gasteiger partial charge on any atom is -0.491 e. The summed E-state index contributed by atoms with van der Waals surface area (Å²) in [7, 11) is 1.60. The SMILES string of the molecule is COCCOc1ccc(N(C(=O)OC(C)(C)C)c2c(CCO)c(N[C@H]3CCCN(C(=O)O)C3)nc3ccnn23)cc1. The van der Waals surface area contributed by atoms with Crippen LogP contribution in [0.15, 0.2) is 36.5 Å². The van der Waals surface area contributed by atoms with Crippen molar-refractivity contribution in [2.45, 2.75) is 51.7 Å². The average Bonchev–Trinajstić information content (AvgIpc) is 3.39. The minimum atomic E-state index is -0.974. The highest BCUT2D eigenvalue weighted by molar-refractivity contribution is 5.97. The number of rotatable bonds is 10. The van der Waals surface area contributed by atoms with Crippen LogP contribution in [0.1, 0.15) is 39.2 Å². The minimum absolute atomic E-state index is 0.146. The van der Waals surface area contributed by atoms with Gasteiger partial charge in [0.2, 0.25) is 0 Å². The number of benzene rings is 1. The highest BCUT2D eigenvalue weighted by Crippen LogP contribution is 2.36. The lowest BCUT2D eigenvalue weighted by Gasteiger charge is -2.33. The summed E-state index contributed by atoms with van der Waals surface area (Å²) in [6, 6.07) is 8.48. The van der Waals surface area contributed by atoms with Crippen molar-refractivity contribution in [1.82, 2.24) is 19.5 Å². The Morgan fingerprint density at radius 1 is 1.17 bits per heavy atom. The summed E-state index contributed by atoms with van der Waals surface area (Å²) < 4.78 is 18.1. The number of nitrogens with one attached hydrogen (secondary N) is 1. The van der Waals surface area contributed by atoms with Gasteiger partial charge in [-0.3, -0.25) is 0 Å². The summed E-state index contributed by atoms with van der Waals surface area (Å²) in [6.07, 6.45) is 1.54. The van der Waals surface area contributed by atoms with E-state index in [0.29, 0.717) is 60.5 Å². The number of amides is 2. The number of ether oxygens (including phenoxy) is 3. The molecule has 0 radical (unpaired) electrons. The molecule has 13 nitrogen and oxygen atoms in total.